The molecule has 2 aromatic rings. The van der Waals surface area contributed by atoms with Gasteiger partial charge in [-0.05, 0) is 24.3 Å². The number of para-hydroxylation sites is 2. The van der Waals surface area contributed by atoms with Crippen molar-refractivity contribution in [1.29, 1.82) is 0 Å². The number of hydrogen-bond donors (Lipinski definition) is 1. The first kappa shape index (κ1) is 18.4. The summed E-state index contributed by atoms with van der Waals surface area (Å²) in [5, 5.41) is 4.00. The maximum atomic E-state index is 12.4. The number of nitrogens with zero attached hydrogens (tertiary/aromatic N) is 2. The van der Waals surface area contributed by atoms with Crippen LogP contribution in [0.25, 0.3) is 0 Å². The van der Waals surface area contributed by atoms with E-state index in [2.05, 4.69) is 10.5 Å². The zero-order valence-electron chi connectivity index (χ0n) is 15.2. The van der Waals surface area contributed by atoms with E-state index in [9.17, 15) is 9.59 Å². The van der Waals surface area contributed by atoms with Crippen LogP contribution in [0.3, 0.4) is 0 Å². The zero-order chi connectivity index (χ0) is 19.2. The minimum absolute atomic E-state index is 0.0696. The van der Waals surface area contributed by atoms with Crippen LogP contribution >= 0.6 is 0 Å². The van der Waals surface area contributed by atoms with Crippen LogP contribution in [-0.2, 0) is 9.59 Å². The molecule has 7 nitrogen and oxygen atoms in total. The van der Waals surface area contributed by atoms with Gasteiger partial charge in [-0.1, -0.05) is 24.3 Å². The summed E-state index contributed by atoms with van der Waals surface area (Å²) >= 11 is 0. The molecule has 1 N–H and O–H groups in total. The molecule has 1 atom stereocenters. The van der Waals surface area contributed by atoms with Gasteiger partial charge >= 0.3 is 0 Å². The van der Waals surface area contributed by atoms with Crippen LogP contribution in [0.2, 0.25) is 0 Å². The van der Waals surface area contributed by atoms with Crippen molar-refractivity contribution in [3.63, 3.8) is 0 Å². The second kappa shape index (κ2) is 8.35. The van der Waals surface area contributed by atoms with Crippen molar-refractivity contribution >= 4 is 23.7 Å². The van der Waals surface area contributed by atoms with E-state index in [4.69, 9.17) is 9.47 Å². The summed E-state index contributed by atoms with van der Waals surface area (Å²) in [6.45, 7) is 0.340. The predicted molar refractivity (Wildman–Crippen MR) is 102 cm³/mol. The zero-order valence-corrected chi connectivity index (χ0v) is 15.2. The van der Waals surface area contributed by atoms with Crippen LogP contribution in [0, 0.1) is 5.92 Å². The Morgan fingerprint density at radius 1 is 1.15 bits per heavy atom. The standard InChI is InChI=1S/C20H21N3O4/c1-26-17-10-6-7-14(19(17)27-2)12-21-22-20(25)15-11-18(24)23(13-15)16-8-4-3-5-9-16/h3-10,12,15H,11,13H2,1-2H3,(H,22,25)/b21-12-/t15-/m0/s1. The molecule has 0 bridgehead atoms. The van der Waals surface area contributed by atoms with E-state index in [0.29, 0.717) is 23.6 Å². The number of benzene rings is 2. The minimum atomic E-state index is -0.443. The Hall–Kier alpha value is -3.35. The van der Waals surface area contributed by atoms with Crippen molar-refractivity contribution in [3.05, 3.63) is 54.1 Å². The van der Waals surface area contributed by atoms with Crippen molar-refractivity contribution in [3.8, 4) is 11.5 Å². The van der Waals surface area contributed by atoms with Gasteiger partial charge in [0.15, 0.2) is 11.5 Å². The highest BCUT2D eigenvalue weighted by molar-refractivity contribution is 6.00. The maximum absolute atomic E-state index is 12.4. The summed E-state index contributed by atoms with van der Waals surface area (Å²) in [6.07, 6.45) is 1.66. The molecule has 1 heterocycles. The first-order valence-corrected chi connectivity index (χ1v) is 8.53. The largest absolute Gasteiger partial charge is 0.493 e. The topological polar surface area (TPSA) is 80.2 Å². The first-order valence-electron chi connectivity index (χ1n) is 8.53. The molecule has 1 aliphatic heterocycles. The summed E-state index contributed by atoms with van der Waals surface area (Å²) in [6, 6.07) is 14.7. The van der Waals surface area contributed by atoms with E-state index < -0.39 is 5.92 Å². The lowest BCUT2D eigenvalue weighted by Crippen LogP contribution is -2.30. The number of hydrazone groups is 1. The van der Waals surface area contributed by atoms with Gasteiger partial charge in [0.25, 0.3) is 0 Å². The van der Waals surface area contributed by atoms with Gasteiger partial charge in [-0.25, -0.2) is 5.43 Å². The Bertz CT molecular complexity index is 852. The predicted octanol–water partition coefficient (Wildman–Crippen LogP) is 2.21. The molecule has 1 aliphatic rings. The SMILES string of the molecule is COc1cccc(/C=N\NC(=O)[C@H]2CC(=O)N(c3ccccc3)C2)c1OC. The summed E-state index contributed by atoms with van der Waals surface area (Å²) in [5.74, 6) is 0.304. The average Bonchev–Trinajstić information content (AvgIpc) is 3.10. The molecule has 27 heavy (non-hydrogen) atoms. The van der Waals surface area contributed by atoms with Crippen molar-refractivity contribution in [2.24, 2.45) is 11.0 Å². The normalized spacial score (nSPS) is 16.6. The van der Waals surface area contributed by atoms with Gasteiger partial charge in [0, 0.05) is 24.2 Å². The molecule has 1 fully saturated rings. The first-order chi connectivity index (χ1) is 13.1. The quantitative estimate of drug-likeness (QED) is 0.627. The van der Waals surface area contributed by atoms with Crippen LogP contribution in [0.4, 0.5) is 5.69 Å². The molecule has 140 valence electrons. The van der Waals surface area contributed by atoms with Gasteiger partial charge in [-0.2, -0.15) is 5.10 Å². The van der Waals surface area contributed by atoms with Crippen LogP contribution in [-0.4, -0.2) is 38.8 Å². The average molecular weight is 367 g/mol. The molecule has 0 aromatic heterocycles. The van der Waals surface area contributed by atoms with Crippen molar-refractivity contribution < 1.29 is 19.1 Å². The minimum Gasteiger partial charge on any atom is -0.493 e. The fourth-order valence-corrected chi connectivity index (χ4v) is 3.01. The van der Waals surface area contributed by atoms with E-state index in [1.165, 1.54) is 13.3 Å². The fourth-order valence-electron chi connectivity index (χ4n) is 3.01. The number of carbonyl (C=O) groups is 2. The number of nitrogens with one attached hydrogen (secondary N) is 1. The highest BCUT2D eigenvalue weighted by Crippen LogP contribution is 2.29. The van der Waals surface area contributed by atoms with Crippen molar-refractivity contribution in [2.45, 2.75) is 6.42 Å². The van der Waals surface area contributed by atoms with Crippen LogP contribution < -0.4 is 19.8 Å². The number of rotatable bonds is 6. The second-order valence-corrected chi connectivity index (χ2v) is 6.06. The maximum Gasteiger partial charge on any atom is 0.245 e. The number of ether oxygens (including phenoxy) is 2. The van der Waals surface area contributed by atoms with Gasteiger partial charge in [0.05, 0.1) is 26.4 Å². The fraction of sp³-hybridized carbons (Fsp3) is 0.250. The molecule has 0 unspecified atom stereocenters. The second-order valence-electron chi connectivity index (χ2n) is 6.06. The third-order valence-electron chi connectivity index (χ3n) is 4.38. The number of anilines is 1. The number of hydrogen-bond acceptors (Lipinski definition) is 5. The Morgan fingerprint density at radius 3 is 2.63 bits per heavy atom. The molecular weight excluding hydrogens is 346 g/mol. The molecular formula is C20H21N3O4. The lowest BCUT2D eigenvalue weighted by molar-refractivity contribution is -0.126. The smallest absolute Gasteiger partial charge is 0.245 e. The van der Waals surface area contributed by atoms with Crippen molar-refractivity contribution in [1.82, 2.24) is 5.43 Å². The van der Waals surface area contributed by atoms with E-state index >= 15 is 0 Å². The van der Waals surface area contributed by atoms with Gasteiger partial charge in [0.1, 0.15) is 0 Å². The third kappa shape index (κ3) is 4.08. The molecule has 0 saturated carbocycles. The number of methoxy groups -OCH3 is 2. The monoisotopic (exact) mass is 367 g/mol. The molecule has 2 amide bonds. The van der Waals surface area contributed by atoms with Gasteiger partial charge in [0.2, 0.25) is 11.8 Å². The lowest BCUT2D eigenvalue weighted by Gasteiger charge is -2.16. The molecule has 2 aromatic carbocycles. The Morgan fingerprint density at radius 2 is 1.93 bits per heavy atom. The van der Waals surface area contributed by atoms with Gasteiger partial charge in [-0.3, -0.25) is 9.59 Å². The third-order valence-corrected chi connectivity index (χ3v) is 4.38. The van der Waals surface area contributed by atoms with Crippen LogP contribution in [0.15, 0.2) is 53.6 Å². The van der Waals surface area contributed by atoms with E-state index in [1.54, 1.807) is 30.2 Å². The Labute approximate surface area is 157 Å². The summed E-state index contributed by atoms with van der Waals surface area (Å²) in [5.41, 5.74) is 3.98. The Balaban J connectivity index is 1.64. The summed E-state index contributed by atoms with van der Waals surface area (Å²) in [7, 11) is 3.09. The van der Waals surface area contributed by atoms with E-state index in [-0.39, 0.29) is 18.2 Å². The highest BCUT2D eigenvalue weighted by atomic mass is 16.5. The van der Waals surface area contributed by atoms with Crippen molar-refractivity contribution in [2.75, 3.05) is 25.7 Å². The number of carbonyl (C=O) groups excluding carboxylic acids is 2. The molecule has 0 aliphatic carbocycles. The van der Waals surface area contributed by atoms with Gasteiger partial charge < -0.3 is 14.4 Å². The molecule has 7 heteroatoms. The van der Waals surface area contributed by atoms with Crippen LogP contribution in [0.5, 0.6) is 11.5 Å². The highest BCUT2D eigenvalue weighted by Gasteiger charge is 2.35. The van der Waals surface area contributed by atoms with E-state index in [0.717, 1.165) is 5.69 Å². The van der Waals surface area contributed by atoms with Crippen LogP contribution in [0.1, 0.15) is 12.0 Å². The Kier molecular flexibility index (Phi) is 5.71. The van der Waals surface area contributed by atoms with Gasteiger partial charge in [-0.15, -0.1) is 0 Å². The molecule has 0 radical (unpaired) electrons. The lowest BCUT2D eigenvalue weighted by atomic mass is 10.1. The number of amides is 2. The molecule has 1 saturated heterocycles. The van der Waals surface area contributed by atoms with E-state index in [1.807, 2.05) is 30.3 Å². The molecule has 0 spiro atoms. The molecule has 3 rings (SSSR count). The summed E-state index contributed by atoms with van der Waals surface area (Å²) < 4.78 is 10.6. The summed E-state index contributed by atoms with van der Waals surface area (Å²) in [4.78, 5) is 26.2.